The maximum absolute atomic E-state index is 9.44. The van der Waals surface area contributed by atoms with Gasteiger partial charge in [0, 0.05) is 12.0 Å². The Kier molecular flexibility index (Phi) is 4.11. The van der Waals surface area contributed by atoms with Gasteiger partial charge in [-0.3, -0.25) is 0 Å². The lowest BCUT2D eigenvalue weighted by Gasteiger charge is -1.99. The van der Waals surface area contributed by atoms with Crippen LogP contribution in [0, 0.1) is 0 Å². The van der Waals surface area contributed by atoms with Crippen LogP contribution in [0.5, 0.6) is 11.5 Å². The molecule has 0 amide bonds. The van der Waals surface area contributed by atoms with Crippen molar-refractivity contribution < 1.29 is 10.2 Å². The number of nitrogens with zero attached hydrogens (tertiary/aromatic N) is 2. The maximum atomic E-state index is 9.44. The second-order valence-corrected chi connectivity index (χ2v) is 4.97. The fourth-order valence-corrected chi connectivity index (χ4v) is 2.42. The van der Waals surface area contributed by atoms with E-state index in [1.54, 1.807) is 6.07 Å². The Morgan fingerprint density at radius 1 is 1.22 bits per heavy atom. The number of phenolic OH excluding ortho intramolecular Hbond substituents is 2. The summed E-state index contributed by atoms with van der Waals surface area (Å²) in [6, 6.07) is 4.66. The van der Waals surface area contributed by atoms with Crippen LogP contribution in [0.3, 0.4) is 0 Å². The topological polar surface area (TPSA) is 78.3 Å². The average molecular weight is 265 g/mol. The van der Waals surface area contributed by atoms with Crippen molar-refractivity contribution in [1.29, 1.82) is 0 Å². The summed E-state index contributed by atoms with van der Waals surface area (Å²) in [6.07, 6.45) is 1.91. The van der Waals surface area contributed by atoms with Crippen LogP contribution in [0.25, 0.3) is 10.6 Å². The van der Waals surface area contributed by atoms with Crippen LogP contribution in [0.1, 0.15) is 11.4 Å². The zero-order valence-electron chi connectivity index (χ0n) is 10.1. The molecule has 2 aromatic rings. The summed E-state index contributed by atoms with van der Waals surface area (Å²) in [4.78, 5) is 0. The van der Waals surface area contributed by atoms with E-state index < -0.39 is 0 Å². The van der Waals surface area contributed by atoms with Gasteiger partial charge in [-0.1, -0.05) is 11.3 Å². The Morgan fingerprint density at radius 2 is 2.06 bits per heavy atom. The van der Waals surface area contributed by atoms with Gasteiger partial charge in [0.25, 0.3) is 0 Å². The average Bonchev–Trinajstić information content (AvgIpc) is 2.82. The highest BCUT2D eigenvalue weighted by atomic mass is 32.1. The number of rotatable bonds is 5. The van der Waals surface area contributed by atoms with Crippen molar-refractivity contribution in [2.24, 2.45) is 0 Å². The molecule has 96 valence electrons. The molecule has 0 atom stereocenters. The summed E-state index contributed by atoms with van der Waals surface area (Å²) in [5.74, 6) is -0.267. The molecule has 0 spiro atoms. The number of phenols is 2. The Hall–Kier alpha value is -1.66. The first-order valence-electron chi connectivity index (χ1n) is 5.70. The first-order valence-corrected chi connectivity index (χ1v) is 6.51. The predicted octanol–water partition coefficient (Wildman–Crippen LogP) is 1.77. The Morgan fingerprint density at radius 3 is 2.78 bits per heavy atom. The Balaban J connectivity index is 2.11. The number of aromatic nitrogens is 2. The van der Waals surface area contributed by atoms with Crippen molar-refractivity contribution in [1.82, 2.24) is 15.5 Å². The van der Waals surface area contributed by atoms with Crippen molar-refractivity contribution in [2.45, 2.75) is 12.8 Å². The van der Waals surface area contributed by atoms with E-state index in [0.29, 0.717) is 0 Å². The minimum atomic E-state index is -0.139. The molecule has 0 saturated carbocycles. The number of hydrogen-bond acceptors (Lipinski definition) is 6. The lowest BCUT2D eigenvalue weighted by atomic mass is 10.2. The smallest absolute Gasteiger partial charge is 0.158 e. The van der Waals surface area contributed by atoms with Crippen LogP contribution in [0.4, 0.5) is 0 Å². The third-order valence-corrected chi connectivity index (χ3v) is 3.54. The molecule has 6 heteroatoms. The normalized spacial score (nSPS) is 10.7. The van der Waals surface area contributed by atoms with Crippen molar-refractivity contribution in [3.05, 3.63) is 23.2 Å². The maximum Gasteiger partial charge on any atom is 0.158 e. The molecule has 18 heavy (non-hydrogen) atoms. The summed E-state index contributed by atoms with van der Waals surface area (Å²) in [6.45, 7) is 0.953. The SMILES string of the molecule is CNCCCc1nnc(-c2ccc(O)c(O)c2)s1. The first kappa shape index (κ1) is 12.8. The summed E-state index contributed by atoms with van der Waals surface area (Å²) in [5.41, 5.74) is 0.766. The summed E-state index contributed by atoms with van der Waals surface area (Å²) < 4.78 is 0. The summed E-state index contributed by atoms with van der Waals surface area (Å²) >= 11 is 1.51. The highest BCUT2D eigenvalue weighted by Crippen LogP contribution is 2.31. The van der Waals surface area contributed by atoms with E-state index in [4.69, 9.17) is 0 Å². The second-order valence-electron chi connectivity index (χ2n) is 3.91. The molecule has 5 nitrogen and oxygen atoms in total. The molecule has 1 aromatic heterocycles. The molecular weight excluding hydrogens is 250 g/mol. The highest BCUT2D eigenvalue weighted by molar-refractivity contribution is 7.14. The molecule has 0 radical (unpaired) electrons. The van der Waals surface area contributed by atoms with Crippen molar-refractivity contribution in [3.8, 4) is 22.1 Å². The van der Waals surface area contributed by atoms with Gasteiger partial charge in [-0.15, -0.1) is 10.2 Å². The van der Waals surface area contributed by atoms with Gasteiger partial charge in [0.2, 0.25) is 0 Å². The van der Waals surface area contributed by atoms with Crippen molar-refractivity contribution in [3.63, 3.8) is 0 Å². The monoisotopic (exact) mass is 265 g/mol. The van der Waals surface area contributed by atoms with E-state index in [-0.39, 0.29) is 11.5 Å². The zero-order valence-corrected chi connectivity index (χ0v) is 10.9. The lowest BCUT2D eigenvalue weighted by Crippen LogP contribution is -2.08. The fraction of sp³-hybridized carbons (Fsp3) is 0.333. The van der Waals surface area contributed by atoms with Gasteiger partial charge in [0.05, 0.1) is 0 Å². The van der Waals surface area contributed by atoms with E-state index in [9.17, 15) is 10.2 Å². The largest absolute Gasteiger partial charge is 0.504 e. The van der Waals surface area contributed by atoms with Gasteiger partial charge < -0.3 is 15.5 Å². The molecule has 1 heterocycles. The van der Waals surface area contributed by atoms with Crippen LogP contribution in [0.2, 0.25) is 0 Å². The molecule has 0 bridgehead atoms. The molecule has 2 rings (SSSR count). The number of aromatic hydroxyl groups is 2. The molecule has 0 fully saturated rings. The minimum absolute atomic E-state index is 0.127. The van der Waals surface area contributed by atoms with Crippen LogP contribution in [-0.4, -0.2) is 34.0 Å². The summed E-state index contributed by atoms with van der Waals surface area (Å²) in [7, 11) is 1.92. The molecule has 3 N–H and O–H groups in total. The molecule has 0 aliphatic heterocycles. The predicted molar refractivity (Wildman–Crippen MR) is 70.9 cm³/mol. The second kappa shape index (κ2) is 5.79. The van der Waals surface area contributed by atoms with E-state index in [2.05, 4.69) is 15.5 Å². The third kappa shape index (κ3) is 2.96. The number of aryl methyl sites for hydroxylation is 1. The van der Waals surface area contributed by atoms with Crippen LogP contribution in [0.15, 0.2) is 18.2 Å². The van der Waals surface area contributed by atoms with Gasteiger partial charge >= 0.3 is 0 Å². The number of nitrogens with one attached hydrogen (secondary N) is 1. The van der Waals surface area contributed by atoms with Gasteiger partial charge in [-0.05, 0) is 38.2 Å². The van der Waals surface area contributed by atoms with Gasteiger partial charge in [0.1, 0.15) is 10.0 Å². The molecule has 0 unspecified atom stereocenters. The van der Waals surface area contributed by atoms with E-state index in [1.807, 2.05) is 7.05 Å². The number of hydrogen-bond donors (Lipinski definition) is 3. The fourth-order valence-electron chi connectivity index (χ4n) is 1.54. The lowest BCUT2D eigenvalue weighted by molar-refractivity contribution is 0.404. The van der Waals surface area contributed by atoms with Crippen LogP contribution < -0.4 is 5.32 Å². The van der Waals surface area contributed by atoms with E-state index >= 15 is 0 Å². The van der Waals surface area contributed by atoms with Gasteiger partial charge in [0.15, 0.2) is 11.5 Å². The van der Waals surface area contributed by atoms with Crippen molar-refractivity contribution >= 4 is 11.3 Å². The first-order chi connectivity index (χ1) is 8.70. The Bertz CT molecular complexity index is 528. The summed E-state index contributed by atoms with van der Waals surface area (Å²) in [5, 5.41) is 31.7. The van der Waals surface area contributed by atoms with Crippen LogP contribution in [-0.2, 0) is 6.42 Å². The molecule has 0 aliphatic rings. The van der Waals surface area contributed by atoms with Gasteiger partial charge in [-0.25, -0.2) is 0 Å². The highest BCUT2D eigenvalue weighted by Gasteiger charge is 2.08. The zero-order chi connectivity index (χ0) is 13.0. The van der Waals surface area contributed by atoms with E-state index in [0.717, 1.165) is 35.0 Å². The minimum Gasteiger partial charge on any atom is -0.504 e. The standard InChI is InChI=1S/C12H15N3O2S/c1-13-6-2-3-11-14-15-12(18-11)8-4-5-9(16)10(17)7-8/h4-5,7,13,16-17H,2-3,6H2,1H3. The molecule has 0 aliphatic carbocycles. The third-order valence-electron chi connectivity index (χ3n) is 2.51. The van der Waals surface area contributed by atoms with Crippen LogP contribution >= 0.6 is 11.3 Å². The Labute approximate surface area is 109 Å². The van der Waals surface area contributed by atoms with E-state index in [1.165, 1.54) is 23.5 Å². The molecule has 0 saturated heterocycles. The molecule has 1 aromatic carbocycles. The quantitative estimate of drug-likeness (QED) is 0.567. The molecular formula is C12H15N3O2S. The number of benzene rings is 1. The van der Waals surface area contributed by atoms with Gasteiger partial charge in [-0.2, -0.15) is 0 Å². The van der Waals surface area contributed by atoms with Crippen molar-refractivity contribution in [2.75, 3.05) is 13.6 Å².